The van der Waals surface area contributed by atoms with Gasteiger partial charge in [-0.05, 0) is 48.0 Å². The Bertz CT molecular complexity index is 779. The Morgan fingerprint density at radius 3 is 2.68 bits per heavy atom. The van der Waals surface area contributed by atoms with Crippen molar-refractivity contribution in [2.45, 2.75) is 0 Å². The summed E-state index contributed by atoms with van der Waals surface area (Å²) >= 11 is 0. The highest BCUT2D eigenvalue weighted by Crippen LogP contribution is 2.21. The number of rotatable bonds is 3. The number of carbonyl (C=O) groups excluding carboxylic acids is 1. The number of nitrogens with zero attached hydrogens (tertiary/aromatic N) is 1. The zero-order chi connectivity index (χ0) is 15.5. The summed E-state index contributed by atoms with van der Waals surface area (Å²) < 4.78 is 23.2. The zero-order valence-electron chi connectivity index (χ0n) is 11.7. The number of ether oxygens (including phenoxy) is 2. The molecule has 0 aliphatic carbocycles. The smallest absolute Gasteiger partial charge is 0.363 e. The second kappa shape index (κ2) is 5.81. The molecule has 0 radical (unpaired) electrons. The van der Waals surface area contributed by atoms with Gasteiger partial charge in [0.1, 0.15) is 11.6 Å². The summed E-state index contributed by atoms with van der Waals surface area (Å²) in [5, 5.41) is 0. The van der Waals surface area contributed by atoms with E-state index in [0.717, 1.165) is 5.56 Å². The fourth-order valence-corrected chi connectivity index (χ4v) is 2.01. The average molecular weight is 297 g/mol. The van der Waals surface area contributed by atoms with Gasteiger partial charge in [-0.3, -0.25) is 0 Å². The van der Waals surface area contributed by atoms with Gasteiger partial charge in [0.15, 0.2) is 5.70 Å². The lowest BCUT2D eigenvalue weighted by Gasteiger charge is -2.00. The molecule has 1 aliphatic heterocycles. The van der Waals surface area contributed by atoms with Crippen LogP contribution in [0.25, 0.3) is 6.08 Å². The number of hydrogen-bond donors (Lipinski definition) is 0. The minimum atomic E-state index is -0.540. The van der Waals surface area contributed by atoms with Crippen molar-refractivity contribution < 1.29 is 18.7 Å². The van der Waals surface area contributed by atoms with Gasteiger partial charge in [-0.2, -0.15) is 0 Å². The number of cyclic esters (lactones) is 1. The van der Waals surface area contributed by atoms with Crippen LogP contribution in [0.4, 0.5) is 4.39 Å². The first kappa shape index (κ1) is 14.0. The molecule has 5 heteroatoms. The molecule has 0 aromatic heterocycles. The maximum atomic E-state index is 12.9. The van der Waals surface area contributed by atoms with Crippen LogP contribution in [0.5, 0.6) is 5.75 Å². The van der Waals surface area contributed by atoms with Crippen molar-refractivity contribution >= 4 is 17.9 Å². The second-order valence-corrected chi connectivity index (χ2v) is 4.62. The topological polar surface area (TPSA) is 47.9 Å². The molecule has 2 aromatic carbocycles. The van der Waals surface area contributed by atoms with Crippen LogP contribution in [0, 0.1) is 5.82 Å². The Morgan fingerprint density at radius 1 is 1.18 bits per heavy atom. The van der Waals surface area contributed by atoms with Gasteiger partial charge in [0.05, 0.1) is 7.11 Å². The summed E-state index contributed by atoms with van der Waals surface area (Å²) in [5.41, 5.74) is 1.51. The molecule has 0 amide bonds. The van der Waals surface area contributed by atoms with Gasteiger partial charge >= 0.3 is 5.97 Å². The number of hydrogen-bond acceptors (Lipinski definition) is 4. The molecule has 3 rings (SSSR count). The summed E-state index contributed by atoms with van der Waals surface area (Å²) in [6.45, 7) is 0. The summed E-state index contributed by atoms with van der Waals surface area (Å²) in [6.07, 6.45) is 1.61. The van der Waals surface area contributed by atoms with Crippen LogP contribution in [0.2, 0.25) is 0 Å². The predicted octanol–water partition coefficient (Wildman–Crippen LogP) is 3.18. The third kappa shape index (κ3) is 2.88. The van der Waals surface area contributed by atoms with Crippen LogP contribution in [0.15, 0.2) is 59.2 Å². The van der Waals surface area contributed by atoms with Crippen molar-refractivity contribution in [1.29, 1.82) is 0 Å². The molecule has 0 saturated carbocycles. The molecule has 0 spiro atoms. The predicted molar refractivity (Wildman–Crippen MR) is 80.0 cm³/mol. The fourth-order valence-electron chi connectivity index (χ4n) is 2.01. The van der Waals surface area contributed by atoms with E-state index in [2.05, 4.69) is 4.99 Å². The van der Waals surface area contributed by atoms with Crippen molar-refractivity contribution in [3.63, 3.8) is 0 Å². The molecule has 0 unspecified atom stereocenters. The lowest BCUT2D eigenvalue weighted by molar-refractivity contribution is -0.129. The van der Waals surface area contributed by atoms with Crippen LogP contribution >= 0.6 is 0 Å². The highest BCUT2D eigenvalue weighted by atomic mass is 19.1. The van der Waals surface area contributed by atoms with E-state index in [1.165, 1.54) is 24.3 Å². The van der Waals surface area contributed by atoms with E-state index in [-0.39, 0.29) is 17.4 Å². The molecule has 1 heterocycles. The van der Waals surface area contributed by atoms with Crippen LogP contribution in [0.1, 0.15) is 11.1 Å². The van der Waals surface area contributed by atoms with Crippen LogP contribution in [0.3, 0.4) is 0 Å². The molecule has 0 bridgehead atoms. The van der Waals surface area contributed by atoms with E-state index < -0.39 is 5.97 Å². The lowest BCUT2D eigenvalue weighted by atomic mass is 10.2. The van der Waals surface area contributed by atoms with Gasteiger partial charge in [-0.15, -0.1) is 0 Å². The van der Waals surface area contributed by atoms with Gasteiger partial charge < -0.3 is 9.47 Å². The van der Waals surface area contributed by atoms with Crippen LogP contribution in [-0.2, 0) is 9.53 Å². The molecule has 0 atom stereocenters. The maximum Gasteiger partial charge on any atom is 0.363 e. The second-order valence-electron chi connectivity index (χ2n) is 4.62. The standard InChI is InChI=1S/C17H12FNO3/c1-21-14-4-2-3-11(9-14)10-15-17(20)22-16(19-15)12-5-7-13(18)8-6-12/h2-10H,1H3/b15-10-. The Kier molecular flexibility index (Phi) is 3.70. The first-order valence-electron chi connectivity index (χ1n) is 6.58. The first-order valence-corrected chi connectivity index (χ1v) is 6.58. The largest absolute Gasteiger partial charge is 0.497 e. The zero-order valence-corrected chi connectivity index (χ0v) is 11.7. The van der Waals surface area contributed by atoms with Gasteiger partial charge in [0.25, 0.3) is 0 Å². The lowest BCUT2D eigenvalue weighted by Crippen LogP contribution is -2.05. The van der Waals surface area contributed by atoms with Crippen molar-refractivity contribution in [2.75, 3.05) is 7.11 Å². The van der Waals surface area contributed by atoms with E-state index in [0.29, 0.717) is 11.3 Å². The molecular weight excluding hydrogens is 285 g/mol. The minimum Gasteiger partial charge on any atom is -0.497 e. The molecule has 22 heavy (non-hydrogen) atoms. The third-order valence-electron chi connectivity index (χ3n) is 3.11. The number of esters is 1. The average Bonchev–Trinajstić information content (AvgIpc) is 2.89. The number of methoxy groups -OCH3 is 1. The van der Waals surface area contributed by atoms with Gasteiger partial charge in [-0.25, -0.2) is 14.2 Å². The highest BCUT2D eigenvalue weighted by molar-refractivity contribution is 6.12. The van der Waals surface area contributed by atoms with E-state index in [1.807, 2.05) is 18.2 Å². The number of carbonyl (C=O) groups is 1. The first-order chi connectivity index (χ1) is 10.7. The Balaban J connectivity index is 1.92. The SMILES string of the molecule is COc1cccc(/C=C2\N=C(c3ccc(F)cc3)OC2=O)c1. The summed E-state index contributed by atoms with van der Waals surface area (Å²) in [5.74, 6) is -0.0504. The van der Waals surface area contributed by atoms with Crippen LogP contribution < -0.4 is 4.74 Å². The Morgan fingerprint density at radius 2 is 1.95 bits per heavy atom. The van der Waals surface area contributed by atoms with Gasteiger partial charge in [0.2, 0.25) is 5.90 Å². The molecular formula is C17H12FNO3. The molecule has 1 aliphatic rings. The molecule has 4 nitrogen and oxygen atoms in total. The van der Waals surface area contributed by atoms with Gasteiger partial charge in [-0.1, -0.05) is 12.1 Å². The minimum absolute atomic E-state index is 0.166. The number of aliphatic imine (C=N–C) groups is 1. The van der Waals surface area contributed by atoms with Crippen molar-refractivity contribution in [2.24, 2.45) is 4.99 Å². The molecule has 0 saturated heterocycles. The van der Waals surface area contributed by atoms with Crippen molar-refractivity contribution in [3.05, 3.63) is 71.2 Å². The molecule has 110 valence electrons. The fraction of sp³-hybridized carbons (Fsp3) is 0.0588. The summed E-state index contributed by atoms with van der Waals surface area (Å²) in [7, 11) is 1.57. The normalized spacial score (nSPS) is 15.6. The van der Waals surface area contributed by atoms with E-state index >= 15 is 0 Å². The molecule has 0 N–H and O–H groups in total. The number of benzene rings is 2. The Hall–Kier alpha value is -2.95. The quantitative estimate of drug-likeness (QED) is 0.646. The molecule has 2 aromatic rings. The summed E-state index contributed by atoms with van der Waals surface area (Å²) in [6, 6.07) is 12.8. The van der Waals surface area contributed by atoms with Crippen molar-refractivity contribution in [1.82, 2.24) is 0 Å². The van der Waals surface area contributed by atoms with Crippen molar-refractivity contribution in [3.8, 4) is 5.75 Å². The monoisotopic (exact) mass is 297 g/mol. The molecule has 0 fully saturated rings. The van der Waals surface area contributed by atoms with E-state index in [9.17, 15) is 9.18 Å². The summed E-state index contributed by atoms with van der Waals surface area (Å²) in [4.78, 5) is 16.0. The Labute approximate surface area is 126 Å². The van der Waals surface area contributed by atoms with Crippen LogP contribution in [-0.4, -0.2) is 19.0 Å². The maximum absolute atomic E-state index is 12.9. The van der Waals surface area contributed by atoms with E-state index in [4.69, 9.17) is 9.47 Å². The highest BCUT2D eigenvalue weighted by Gasteiger charge is 2.24. The third-order valence-corrected chi connectivity index (χ3v) is 3.11. The number of halogens is 1. The van der Waals surface area contributed by atoms with Gasteiger partial charge in [0, 0.05) is 5.56 Å². The van der Waals surface area contributed by atoms with E-state index in [1.54, 1.807) is 19.3 Å².